The number of benzene rings is 13. The Hall–Kier alpha value is -10.8. The van der Waals surface area contributed by atoms with E-state index in [1.165, 1.54) is 49.4 Å². The Bertz CT molecular complexity index is 6170. The summed E-state index contributed by atoms with van der Waals surface area (Å²) >= 11 is 25.3. The highest BCUT2D eigenvalue weighted by Crippen LogP contribution is 2.46. The molecule has 0 saturated heterocycles. The van der Waals surface area contributed by atoms with E-state index in [0.717, 1.165) is 131 Å². The van der Waals surface area contributed by atoms with Crippen molar-refractivity contribution in [1.82, 2.24) is 19.8 Å². The zero-order valence-corrected chi connectivity index (χ0v) is 86.9. The molecule has 2 heterocycles. The van der Waals surface area contributed by atoms with Gasteiger partial charge < -0.3 is 45.3 Å². The van der Waals surface area contributed by atoms with Crippen LogP contribution in [0.15, 0.2) is 305 Å². The first-order chi connectivity index (χ1) is 63.9. The molecular formula is C118H134Cl2N4O7S4. The summed E-state index contributed by atoms with van der Waals surface area (Å²) in [6.45, 7) is 40.6. The number of likely N-dealkylation sites (N-methyl/N-ethyl adjacent to an activating group) is 1. The summed E-state index contributed by atoms with van der Waals surface area (Å²) in [5.74, 6) is 4.57. The average molecular weight is 1920 g/mol. The molecule has 0 saturated carbocycles. The summed E-state index contributed by atoms with van der Waals surface area (Å²) in [7, 11) is 5.94. The monoisotopic (exact) mass is 1920 g/mol. The minimum Gasteiger partial charge on any atom is -0.507 e. The third kappa shape index (κ3) is 29.4. The molecule has 0 atom stereocenters. The Balaban J connectivity index is 0.000000170. The first-order valence-electron chi connectivity index (χ1n) is 45.8. The van der Waals surface area contributed by atoms with Crippen LogP contribution in [0.2, 0.25) is 10.0 Å². The summed E-state index contributed by atoms with van der Waals surface area (Å²) in [6.07, 6.45) is 0.375. The number of aromatic amines is 1. The molecule has 0 aliphatic heterocycles. The van der Waals surface area contributed by atoms with Crippen molar-refractivity contribution in [1.29, 1.82) is 0 Å². The number of hydrogen-bond acceptors (Lipinski definition) is 14. The second kappa shape index (κ2) is 48.3. The smallest absolute Gasteiger partial charge is 0.142 e. The Kier molecular flexibility index (Phi) is 38.0. The van der Waals surface area contributed by atoms with Crippen molar-refractivity contribution in [3.05, 3.63) is 384 Å². The van der Waals surface area contributed by atoms with Crippen molar-refractivity contribution in [2.24, 2.45) is 0 Å². The molecule has 135 heavy (non-hydrogen) atoms. The number of imidazole rings is 1. The first kappa shape index (κ1) is 106. The predicted molar refractivity (Wildman–Crippen MR) is 578 cm³/mol. The summed E-state index contributed by atoms with van der Waals surface area (Å²) in [5.41, 5.74) is 23.9. The van der Waals surface area contributed by atoms with Crippen LogP contribution in [0.25, 0.3) is 66.6 Å². The van der Waals surface area contributed by atoms with E-state index in [0.29, 0.717) is 62.1 Å². The molecule has 0 fully saturated rings. The van der Waals surface area contributed by atoms with Crippen LogP contribution >= 0.6 is 71.6 Å². The molecule has 706 valence electrons. The quantitative estimate of drug-likeness (QED) is 0.0221. The lowest BCUT2D eigenvalue weighted by atomic mass is 9.79. The van der Waals surface area contributed by atoms with Crippen molar-refractivity contribution < 1.29 is 35.4 Å². The van der Waals surface area contributed by atoms with Gasteiger partial charge >= 0.3 is 0 Å². The zero-order valence-electron chi connectivity index (χ0n) is 82.0. The summed E-state index contributed by atoms with van der Waals surface area (Å²) < 4.78 is 5.50. The van der Waals surface area contributed by atoms with Crippen molar-refractivity contribution in [3.63, 3.8) is 0 Å². The maximum atomic E-state index is 11.1. The van der Waals surface area contributed by atoms with E-state index in [4.69, 9.17) is 58.2 Å². The van der Waals surface area contributed by atoms with E-state index in [2.05, 4.69) is 233 Å². The number of nitrogens with one attached hydrogen (secondary N) is 1. The normalized spacial score (nSPS) is 11.5. The maximum Gasteiger partial charge on any atom is 0.142 e. The highest BCUT2D eigenvalue weighted by molar-refractivity contribution is 7.98. The Morgan fingerprint density at radius 3 is 1.38 bits per heavy atom. The van der Waals surface area contributed by atoms with Crippen LogP contribution in [0.5, 0.6) is 28.7 Å². The molecule has 0 bridgehead atoms. The van der Waals surface area contributed by atoms with Crippen molar-refractivity contribution >= 4 is 71.6 Å². The van der Waals surface area contributed by atoms with Gasteiger partial charge in [-0.05, 0) is 224 Å². The minimum absolute atomic E-state index is 0.0692. The van der Waals surface area contributed by atoms with E-state index in [9.17, 15) is 30.6 Å². The number of methoxy groups -OCH3 is 1. The number of phenolic OH excluding ortho intramolecular Hbond substituents is 4. The van der Waals surface area contributed by atoms with E-state index in [1.54, 1.807) is 84.3 Å². The van der Waals surface area contributed by atoms with E-state index in [1.807, 2.05) is 157 Å². The van der Waals surface area contributed by atoms with Gasteiger partial charge in [0.2, 0.25) is 0 Å². The molecule has 11 nitrogen and oxygen atoms in total. The van der Waals surface area contributed by atoms with Gasteiger partial charge in [0.25, 0.3) is 0 Å². The van der Waals surface area contributed by atoms with Crippen LogP contribution in [0, 0.1) is 27.7 Å². The third-order valence-corrected chi connectivity index (χ3v) is 27.3. The fraction of sp³-hybridized carbons (Fsp3) is 0.280. The summed E-state index contributed by atoms with van der Waals surface area (Å²) in [6, 6.07) is 95.0. The fourth-order valence-corrected chi connectivity index (χ4v) is 19.2. The molecule has 0 amide bonds. The molecule has 13 aromatic carbocycles. The molecule has 7 N–H and O–H groups in total. The summed E-state index contributed by atoms with van der Waals surface area (Å²) in [5, 5.41) is 64.6. The van der Waals surface area contributed by atoms with Crippen molar-refractivity contribution in [2.75, 3.05) is 34.3 Å². The van der Waals surface area contributed by atoms with E-state index < -0.39 is 11.2 Å². The van der Waals surface area contributed by atoms with Gasteiger partial charge in [-0.25, -0.2) is 4.98 Å². The largest absolute Gasteiger partial charge is 0.507 e. The number of aromatic hydroxyl groups is 4. The second-order valence-electron chi connectivity index (χ2n) is 38.2. The van der Waals surface area contributed by atoms with Gasteiger partial charge in [0, 0.05) is 112 Å². The molecule has 17 heteroatoms. The number of phenols is 4. The van der Waals surface area contributed by atoms with Gasteiger partial charge in [0.15, 0.2) is 0 Å². The van der Waals surface area contributed by atoms with Crippen LogP contribution in [0.4, 0.5) is 0 Å². The van der Waals surface area contributed by atoms with E-state index in [-0.39, 0.29) is 22.3 Å². The molecule has 0 radical (unpaired) electrons. The zero-order chi connectivity index (χ0) is 98.4. The molecular weight excluding hydrogens is 1780 g/mol. The maximum absolute atomic E-state index is 11.1. The molecule has 0 aliphatic rings. The Morgan fingerprint density at radius 2 is 0.889 bits per heavy atom. The van der Waals surface area contributed by atoms with Crippen molar-refractivity contribution in [2.45, 2.75) is 198 Å². The van der Waals surface area contributed by atoms with Gasteiger partial charge in [-0.15, -0.1) is 48.4 Å². The first-order valence-corrected chi connectivity index (χ1v) is 49.3. The lowest BCUT2D eigenvalue weighted by Crippen LogP contribution is -2.31. The number of nitrogens with zero attached hydrogens (tertiary/aromatic N) is 3. The van der Waals surface area contributed by atoms with Gasteiger partial charge in [-0.2, -0.15) is 0 Å². The third-order valence-electron chi connectivity index (χ3n) is 23.5. The average Bonchev–Trinajstić information content (AvgIpc) is 1.77. The number of hydrogen-bond donors (Lipinski definition) is 9. The number of thioether (sulfide) groups is 1. The SMILES string of the molecule is CC(C)(C)c1cc(-c2cccs2)c(O)c(C(C)(C)C)c1.CC(C)(O)c1cccc(C(C)(C)O)c1.CC(C)c1cccc(CN(CCN(C)C)Cc2cccc(C(C)C)c2S)c1S.COc1ccccc1-c1nc(-c2ccccc2)c(-c2ccccc2)[nH]1.Cc1cc(Cl)cc(Cc2cc(Cl)cc(C)c2O)c1O.Cc1cccc(C)c1SCc1ccccc1-c1cccc(-c2ccccc2)c1O. The summed E-state index contributed by atoms with van der Waals surface area (Å²) in [4.78, 5) is 17.9. The molecule has 0 unspecified atom stereocenters. The Labute approximate surface area is 832 Å². The van der Waals surface area contributed by atoms with Crippen LogP contribution in [0.1, 0.15) is 192 Å². The number of aryl methyl sites for hydroxylation is 4. The topological polar surface area (TPSA) is 166 Å². The number of para-hydroxylation sites is 2. The molecule has 0 spiro atoms. The van der Waals surface area contributed by atoms with Gasteiger partial charge in [0.05, 0.1) is 35.3 Å². The van der Waals surface area contributed by atoms with Crippen LogP contribution in [-0.4, -0.2) is 84.7 Å². The van der Waals surface area contributed by atoms with Gasteiger partial charge in [-0.1, -0.05) is 329 Å². The van der Waals surface area contributed by atoms with Gasteiger partial charge in [0.1, 0.15) is 34.6 Å². The number of thiol groups is 2. The van der Waals surface area contributed by atoms with Crippen LogP contribution < -0.4 is 4.74 Å². The van der Waals surface area contributed by atoms with Crippen LogP contribution in [-0.2, 0) is 47.3 Å². The molecule has 0 aliphatic carbocycles. The van der Waals surface area contributed by atoms with Gasteiger partial charge in [-0.3, -0.25) is 4.90 Å². The standard InChI is InChI=1S/C27H24OS.C24H36N2S2.C22H18N2O.C18H24OS.C15H14Cl2O2.C12H18O2/c1-19-10-8-11-20(2)27(19)29-18-22-14-6-7-15-23(22)25-17-9-16-24(26(25)28)21-12-4-3-5-13-21;1-17(2)21-11-7-9-19(23(21)27)15-26(14-13-25(5)6)16-20-10-8-12-22(18(3)4)24(20)28;1-25-19-15-9-8-14-18(19)22-23-20(16-10-4-2-5-11-16)21(24-22)17-12-6-3-7-13-17;1-17(2,3)12-10-13(15-8-7-9-20-15)16(19)14(11-12)18(4,5)6;1-8-3-12(16)6-10(14(8)18)5-11-7-13(17)4-9(2)15(11)19;1-11(2,13)9-6-5-7-10(8-9)12(3,4)14/h3-17,28H,18H2,1-2H3;7-12,17-18,27-28H,13-16H2,1-6H3;2-15H,1H3,(H,23,24);7-11,19H,1-6H3;3-4,6-7,18-19H,5H2,1-2H3;5-8,13-14H,1-4H3. The number of aliphatic hydroxyl groups is 2. The number of H-pyrrole nitrogens is 1. The highest BCUT2D eigenvalue weighted by Gasteiger charge is 2.28. The lowest BCUT2D eigenvalue weighted by Gasteiger charge is -2.27. The number of aromatic nitrogens is 2. The predicted octanol–water partition coefficient (Wildman–Crippen LogP) is 31.6. The van der Waals surface area contributed by atoms with Crippen molar-refractivity contribution in [3.8, 4) is 95.3 Å². The minimum atomic E-state index is -0.860. The molecule has 15 rings (SSSR count). The number of ether oxygens (including phenoxy) is 1. The lowest BCUT2D eigenvalue weighted by molar-refractivity contribution is 0.0718. The number of halogens is 2. The van der Waals surface area contributed by atoms with E-state index >= 15 is 0 Å². The highest BCUT2D eigenvalue weighted by atomic mass is 35.5. The fourth-order valence-electron chi connectivity index (χ4n) is 15.7. The molecule has 2 aromatic heterocycles. The van der Waals surface area contributed by atoms with Crippen LogP contribution in [0.3, 0.4) is 0 Å². The molecule has 15 aromatic rings. The second-order valence-corrected chi connectivity index (χ2v) is 41.9. The number of rotatable bonds is 23. The Morgan fingerprint density at radius 1 is 0.430 bits per heavy atom. The number of thiophene rings is 1.